The maximum Gasteiger partial charge on any atom is 0.260 e. The minimum Gasteiger partial charge on any atom is -0.484 e. The average Bonchev–Trinajstić information content (AvgIpc) is 2.87. The van der Waals surface area contributed by atoms with Gasteiger partial charge in [-0.15, -0.1) is 10.2 Å². The molecule has 1 aromatic heterocycles. The quantitative estimate of drug-likeness (QED) is 0.824. The Kier molecular flexibility index (Phi) is 5.33. The van der Waals surface area contributed by atoms with Crippen molar-refractivity contribution >= 4 is 5.91 Å². The van der Waals surface area contributed by atoms with Crippen molar-refractivity contribution in [2.24, 2.45) is 0 Å². The summed E-state index contributed by atoms with van der Waals surface area (Å²) in [5, 5.41) is 8.43. The second-order valence-electron chi connectivity index (χ2n) is 6.31. The molecule has 0 radical (unpaired) electrons. The summed E-state index contributed by atoms with van der Waals surface area (Å²) in [7, 11) is 1.64. The van der Waals surface area contributed by atoms with Crippen LogP contribution in [0.25, 0.3) is 0 Å². The lowest BCUT2D eigenvalue weighted by molar-refractivity contribution is -0.135. The van der Waals surface area contributed by atoms with Crippen molar-refractivity contribution in [2.45, 2.75) is 39.5 Å². The zero-order chi connectivity index (χ0) is 17.8. The minimum absolute atomic E-state index is 0.0113. The molecule has 0 N–H and O–H groups in total. The van der Waals surface area contributed by atoms with E-state index in [-0.39, 0.29) is 18.6 Å². The van der Waals surface area contributed by atoms with Crippen LogP contribution in [0, 0.1) is 6.92 Å². The second kappa shape index (κ2) is 7.65. The highest BCUT2D eigenvalue weighted by Gasteiger charge is 2.27. The molecule has 1 aliphatic rings. The molecule has 2 heterocycles. The number of aromatic nitrogens is 3. The van der Waals surface area contributed by atoms with Crippen molar-refractivity contribution in [2.75, 3.05) is 20.3 Å². The highest BCUT2D eigenvalue weighted by atomic mass is 16.5. The largest absolute Gasteiger partial charge is 0.484 e. The Morgan fingerprint density at radius 2 is 2.08 bits per heavy atom. The molecule has 7 heteroatoms. The number of fused-ring (bicyclic) bond motifs is 1. The number of benzene rings is 1. The van der Waals surface area contributed by atoms with Gasteiger partial charge in [-0.25, -0.2) is 0 Å². The smallest absolute Gasteiger partial charge is 0.260 e. The van der Waals surface area contributed by atoms with Crippen LogP contribution in [0.1, 0.15) is 24.1 Å². The molecule has 7 nitrogen and oxygen atoms in total. The van der Waals surface area contributed by atoms with E-state index in [1.807, 2.05) is 43.0 Å². The normalized spacial score (nSPS) is 17.1. The highest BCUT2D eigenvalue weighted by molar-refractivity contribution is 5.78. The number of nitrogens with zero attached hydrogens (tertiary/aromatic N) is 4. The summed E-state index contributed by atoms with van der Waals surface area (Å²) >= 11 is 0. The number of methoxy groups -OCH3 is 1. The van der Waals surface area contributed by atoms with Gasteiger partial charge in [0.15, 0.2) is 12.4 Å². The van der Waals surface area contributed by atoms with Crippen LogP contribution in [0.3, 0.4) is 0 Å². The topological polar surface area (TPSA) is 69.5 Å². The van der Waals surface area contributed by atoms with Crippen molar-refractivity contribution in [3.8, 4) is 5.75 Å². The second-order valence-corrected chi connectivity index (χ2v) is 6.31. The summed E-state index contributed by atoms with van der Waals surface area (Å²) < 4.78 is 12.9. The van der Waals surface area contributed by atoms with E-state index in [4.69, 9.17) is 9.47 Å². The van der Waals surface area contributed by atoms with Gasteiger partial charge in [-0.05, 0) is 25.5 Å². The molecular formula is C18H24N4O3. The Bertz CT molecular complexity index is 744. The van der Waals surface area contributed by atoms with Gasteiger partial charge in [-0.1, -0.05) is 18.2 Å². The van der Waals surface area contributed by atoms with Gasteiger partial charge in [-0.3, -0.25) is 4.79 Å². The van der Waals surface area contributed by atoms with Crippen LogP contribution in [0.2, 0.25) is 0 Å². The molecule has 1 aromatic carbocycles. The number of ether oxygens (including phenoxy) is 2. The van der Waals surface area contributed by atoms with E-state index in [2.05, 4.69) is 14.8 Å². The molecule has 0 bridgehead atoms. The predicted molar refractivity (Wildman–Crippen MR) is 92.3 cm³/mol. The fourth-order valence-corrected chi connectivity index (χ4v) is 3.13. The van der Waals surface area contributed by atoms with Gasteiger partial charge in [0.25, 0.3) is 5.91 Å². The first-order chi connectivity index (χ1) is 12.1. The molecule has 134 valence electrons. The first-order valence-corrected chi connectivity index (χ1v) is 8.48. The molecule has 0 saturated carbocycles. The molecule has 0 saturated heterocycles. The van der Waals surface area contributed by atoms with Crippen molar-refractivity contribution < 1.29 is 14.3 Å². The summed E-state index contributed by atoms with van der Waals surface area (Å²) in [5.74, 6) is 2.44. The van der Waals surface area contributed by atoms with Crippen LogP contribution in [-0.2, 0) is 29.1 Å². The number of rotatable bonds is 5. The van der Waals surface area contributed by atoms with E-state index in [1.54, 1.807) is 7.11 Å². The van der Waals surface area contributed by atoms with E-state index in [0.717, 1.165) is 23.0 Å². The van der Waals surface area contributed by atoms with Gasteiger partial charge in [0, 0.05) is 32.7 Å². The molecule has 0 unspecified atom stereocenters. The third-order valence-corrected chi connectivity index (χ3v) is 4.52. The molecular weight excluding hydrogens is 320 g/mol. The third-order valence-electron chi connectivity index (χ3n) is 4.52. The highest BCUT2D eigenvalue weighted by Crippen LogP contribution is 2.18. The average molecular weight is 344 g/mol. The van der Waals surface area contributed by atoms with Crippen molar-refractivity contribution in [3.05, 3.63) is 41.5 Å². The lowest BCUT2D eigenvalue weighted by Gasteiger charge is -2.26. The van der Waals surface area contributed by atoms with Gasteiger partial charge >= 0.3 is 0 Å². The number of carbonyl (C=O) groups is 1. The van der Waals surface area contributed by atoms with Gasteiger partial charge in [0.05, 0.1) is 0 Å². The Hall–Kier alpha value is -2.41. The molecule has 1 atom stereocenters. The lowest BCUT2D eigenvalue weighted by atomic mass is 10.2. The van der Waals surface area contributed by atoms with Gasteiger partial charge in [0.1, 0.15) is 18.2 Å². The first kappa shape index (κ1) is 17.4. The maximum atomic E-state index is 12.7. The van der Waals surface area contributed by atoms with Crippen molar-refractivity contribution in [3.63, 3.8) is 0 Å². The van der Waals surface area contributed by atoms with Crippen molar-refractivity contribution in [1.29, 1.82) is 0 Å². The standard InChI is InChI=1S/C18H24N4O3/c1-13-6-4-5-7-15(13)25-12-18(23)21-8-9-22-16(10-14(21)2)19-20-17(22)11-24-3/h4-7,14H,8-12H2,1-3H3/t14-/m1/s1. The SMILES string of the molecule is COCc1nnc2n1CCN(C(=O)COc1ccccc1C)[C@H](C)C2. The minimum atomic E-state index is -0.0113. The van der Waals surface area contributed by atoms with Gasteiger partial charge in [-0.2, -0.15) is 0 Å². The maximum absolute atomic E-state index is 12.7. The van der Waals surface area contributed by atoms with Crippen LogP contribution >= 0.6 is 0 Å². The molecule has 0 aliphatic carbocycles. The first-order valence-electron chi connectivity index (χ1n) is 8.48. The third kappa shape index (κ3) is 3.82. The Balaban J connectivity index is 1.65. The summed E-state index contributed by atoms with van der Waals surface area (Å²) in [4.78, 5) is 14.5. The van der Waals surface area contributed by atoms with Crippen LogP contribution in [0.5, 0.6) is 5.75 Å². The van der Waals surface area contributed by atoms with Gasteiger partial charge in [0.2, 0.25) is 0 Å². The number of aryl methyl sites for hydroxylation is 1. The molecule has 1 aliphatic heterocycles. The van der Waals surface area contributed by atoms with Crippen molar-refractivity contribution in [1.82, 2.24) is 19.7 Å². The monoisotopic (exact) mass is 344 g/mol. The molecule has 2 aromatic rings. The molecule has 1 amide bonds. The Morgan fingerprint density at radius 3 is 2.84 bits per heavy atom. The van der Waals surface area contributed by atoms with Crippen LogP contribution in [0.15, 0.2) is 24.3 Å². The van der Waals surface area contributed by atoms with E-state index in [0.29, 0.717) is 26.1 Å². The number of carbonyl (C=O) groups excluding carboxylic acids is 1. The van der Waals surface area contributed by atoms with E-state index >= 15 is 0 Å². The van der Waals surface area contributed by atoms with Crippen LogP contribution < -0.4 is 4.74 Å². The zero-order valence-electron chi connectivity index (χ0n) is 14.9. The van der Waals surface area contributed by atoms with Crippen LogP contribution in [-0.4, -0.2) is 51.9 Å². The van der Waals surface area contributed by atoms with Gasteiger partial charge < -0.3 is 18.9 Å². The predicted octanol–water partition coefficient (Wildman–Crippen LogP) is 1.59. The fraction of sp³-hybridized carbons (Fsp3) is 0.500. The summed E-state index contributed by atoms with van der Waals surface area (Å²) in [6, 6.07) is 7.76. The Labute approximate surface area is 147 Å². The molecule has 0 fully saturated rings. The number of amides is 1. The summed E-state index contributed by atoms with van der Waals surface area (Å²) in [6.07, 6.45) is 0.673. The summed E-state index contributed by atoms with van der Waals surface area (Å²) in [6.45, 7) is 5.75. The fourth-order valence-electron chi connectivity index (χ4n) is 3.13. The summed E-state index contributed by atoms with van der Waals surface area (Å²) in [5.41, 5.74) is 1.02. The van der Waals surface area contributed by atoms with Crippen LogP contribution in [0.4, 0.5) is 0 Å². The number of hydrogen-bond donors (Lipinski definition) is 0. The lowest BCUT2D eigenvalue weighted by Crippen LogP contribution is -2.42. The van der Waals surface area contributed by atoms with E-state index in [9.17, 15) is 4.79 Å². The van der Waals surface area contributed by atoms with E-state index < -0.39 is 0 Å². The Morgan fingerprint density at radius 1 is 1.28 bits per heavy atom. The zero-order valence-corrected chi connectivity index (χ0v) is 14.9. The molecule has 0 spiro atoms. The molecule has 3 rings (SSSR count). The van der Waals surface area contributed by atoms with E-state index in [1.165, 1.54) is 0 Å². The number of para-hydroxylation sites is 1. The molecule has 25 heavy (non-hydrogen) atoms. The number of hydrogen-bond acceptors (Lipinski definition) is 5.